The number of hydrogen-bond donors (Lipinski definition) is 1. The molecule has 262 valence electrons. The van der Waals surface area contributed by atoms with Crippen LogP contribution in [0.4, 0.5) is 14.5 Å². The number of benzene rings is 2. The Morgan fingerprint density at radius 1 is 0.830 bits per heavy atom. The topological polar surface area (TPSA) is 41.5 Å². The van der Waals surface area contributed by atoms with E-state index in [4.69, 9.17) is 0 Å². The van der Waals surface area contributed by atoms with E-state index in [1.54, 1.807) is 39.0 Å². The zero-order chi connectivity index (χ0) is 37.4. The molecular formula is C42H64F2N2O. The normalized spacial score (nSPS) is 10.3. The lowest BCUT2D eigenvalue weighted by Gasteiger charge is -2.12. The number of nitrogens with one attached hydrogen (secondary N) is 1. The van der Waals surface area contributed by atoms with Gasteiger partial charge in [0.1, 0.15) is 0 Å². The highest BCUT2D eigenvalue weighted by Crippen LogP contribution is 2.23. The van der Waals surface area contributed by atoms with Gasteiger partial charge in [-0.1, -0.05) is 89.1 Å². The van der Waals surface area contributed by atoms with Gasteiger partial charge in [0.05, 0.1) is 11.4 Å². The van der Waals surface area contributed by atoms with E-state index >= 15 is 0 Å². The molecule has 0 bridgehead atoms. The minimum absolute atomic E-state index is 0.0327. The van der Waals surface area contributed by atoms with Crippen molar-refractivity contribution in [1.29, 1.82) is 0 Å². The minimum Gasteiger partial charge on any atom is -0.355 e. The van der Waals surface area contributed by atoms with Crippen molar-refractivity contribution >= 4 is 22.8 Å². The van der Waals surface area contributed by atoms with Gasteiger partial charge < -0.3 is 5.32 Å². The van der Waals surface area contributed by atoms with Crippen LogP contribution in [0.3, 0.4) is 0 Å². The first kappa shape index (κ1) is 49.8. The molecule has 0 radical (unpaired) electrons. The van der Waals surface area contributed by atoms with Crippen LogP contribution in [0.1, 0.15) is 122 Å². The summed E-state index contributed by atoms with van der Waals surface area (Å²) in [6, 6.07) is 8.61. The molecule has 0 aliphatic rings. The molecule has 0 atom stereocenters. The molecule has 1 N–H and O–H groups in total. The van der Waals surface area contributed by atoms with Crippen molar-refractivity contribution in [2.45, 2.75) is 109 Å². The fourth-order valence-corrected chi connectivity index (χ4v) is 3.22. The molecule has 3 nitrogen and oxygen atoms in total. The Bertz CT molecular complexity index is 1260. The predicted molar refractivity (Wildman–Crippen MR) is 210 cm³/mol. The van der Waals surface area contributed by atoms with Gasteiger partial charge in [-0.05, 0) is 104 Å². The third kappa shape index (κ3) is 23.8. The van der Waals surface area contributed by atoms with Crippen molar-refractivity contribution in [3.63, 3.8) is 0 Å². The summed E-state index contributed by atoms with van der Waals surface area (Å²) in [6.45, 7) is 36.2. The van der Waals surface area contributed by atoms with Crippen molar-refractivity contribution in [3.8, 4) is 0 Å². The van der Waals surface area contributed by atoms with Gasteiger partial charge in [-0.3, -0.25) is 9.79 Å². The lowest BCUT2D eigenvalue weighted by atomic mass is 10.0. The first-order chi connectivity index (χ1) is 22.3. The van der Waals surface area contributed by atoms with Crippen molar-refractivity contribution < 1.29 is 13.6 Å². The van der Waals surface area contributed by atoms with Gasteiger partial charge in [-0.2, -0.15) is 0 Å². The SMILES string of the molecule is C/C=C\C.C/C=C\C.C=C.C=C(Nc1ccc(C(C)=O)c(CC)c1)C(C)=N/C=C(\C)c1ccc(C)c(F)c1F.C=CC.CCCCC. The highest BCUT2D eigenvalue weighted by atomic mass is 19.2. The van der Waals surface area contributed by atoms with Crippen LogP contribution >= 0.6 is 0 Å². The summed E-state index contributed by atoms with van der Waals surface area (Å²) in [7, 11) is 0. The largest absolute Gasteiger partial charge is 0.355 e. The first-order valence-electron chi connectivity index (χ1n) is 16.3. The van der Waals surface area contributed by atoms with Crippen LogP contribution in [-0.4, -0.2) is 11.5 Å². The molecule has 2 rings (SSSR count). The number of carbonyl (C=O) groups excluding carboxylic acids is 1. The van der Waals surface area contributed by atoms with Crippen LogP contribution in [-0.2, 0) is 6.42 Å². The van der Waals surface area contributed by atoms with Crippen LogP contribution in [0, 0.1) is 18.6 Å². The van der Waals surface area contributed by atoms with E-state index in [1.165, 1.54) is 38.5 Å². The Morgan fingerprint density at radius 2 is 1.30 bits per heavy atom. The van der Waals surface area contributed by atoms with Crippen LogP contribution < -0.4 is 5.32 Å². The molecule has 47 heavy (non-hydrogen) atoms. The standard InChI is InChI=1S/C24H26F2N2O.C5H12.2C4H8.C3H6.C2H4/c1-7-19-12-20(9-11-22(19)18(6)29)28-17(5)16(4)27-13-15(3)21-10-8-14(2)23(25)24(21)26;1-3-5-4-2;2*1-3-4-2;1-3-2;1-2/h8-13,28H,5,7H2,1-4,6H3;3-5H2,1-2H3;2*3-4H,1-2H3;3H,1H2,2H3;1-2H2/b15-13+,27-16?;;2*4-3-;;. The summed E-state index contributed by atoms with van der Waals surface area (Å²) < 4.78 is 27.9. The molecular weight excluding hydrogens is 586 g/mol. The lowest BCUT2D eigenvalue weighted by molar-refractivity contribution is 0.101. The molecule has 0 spiro atoms. The van der Waals surface area contributed by atoms with Gasteiger partial charge in [0.15, 0.2) is 17.4 Å². The number of unbranched alkanes of at least 4 members (excludes halogenated alkanes) is 2. The average molecular weight is 651 g/mol. The van der Waals surface area contributed by atoms with Crippen molar-refractivity contribution in [1.82, 2.24) is 0 Å². The van der Waals surface area contributed by atoms with E-state index in [0.717, 1.165) is 17.7 Å². The fourth-order valence-electron chi connectivity index (χ4n) is 3.22. The van der Waals surface area contributed by atoms with E-state index < -0.39 is 11.6 Å². The highest BCUT2D eigenvalue weighted by Gasteiger charge is 2.12. The van der Waals surface area contributed by atoms with Crippen LogP contribution in [0.2, 0.25) is 0 Å². The summed E-state index contributed by atoms with van der Waals surface area (Å²) in [6.07, 6.45) is 16.1. The number of aryl methyl sites for hydroxylation is 2. The maximum Gasteiger partial charge on any atom is 0.166 e. The molecule has 0 aromatic heterocycles. The smallest absolute Gasteiger partial charge is 0.166 e. The van der Waals surface area contributed by atoms with Crippen LogP contribution in [0.25, 0.3) is 5.57 Å². The Hall–Kier alpha value is -4.12. The van der Waals surface area contributed by atoms with E-state index in [9.17, 15) is 13.6 Å². The maximum absolute atomic E-state index is 14.1. The summed E-state index contributed by atoms with van der Waals surface area (Å²) in [5.41, 5.74) is 4.59. The second-order valence-electron chi connectivity index (χ2n) is 10.1. The molecule has 5 heteroatoms. The number of rotatable bonds is 9. The Kier molecular flexibility index (Phi) is 35.2. The Balaban J connectivity index is -0.000000423. The van der Waals surface area contributed by atoms with E-state index in [2.05, 4.69) is 50.5 Å². The number of carbonyl (C=O) groups is 1. The number of ketones is 1. The van der Waals surface area contributed by atoms with Crippen molar-refractivity contribution in [3.05, 3.63) is 133 Å². The van der Waals surface area contributed by atoms with Gasteiger partial charge in [-0.25, -0.2) is 8.78 Å². The zero-order valence-corrected chi connectivity index (χ0v) is 31.6. The predicted octanol–water partition coefficient (Wildman–Crippen LogP) is 13.8. The quantitative estimate of drug-likeness (QED) is 0.167. The molecule has 0 aliphatic heterocycles. The third-order valence-electron chi connectivity index (χ3n) is 6.12. The Morgan fingerprint density at radius 3 is 1.68 bits per heavy atom. The second kappa shape index (κ2) is 33.2. The average Bonchev–Trinajstić information content (AvgIpc) is 3.07. The fraction of sp³-hybridized carbons (Fsp3) is 0.381. The summed E-state index contributed by atoms with van der Waals surface area (Å²) in [4.78, 5) is 16.0. The number of allylic oxidation sites excluding steroid dienone is 7. The molecule has 0 aliphatic carbocycles. The highest BCUT2D eigenvalue weighted by molar-refractivity contribution is 6.01. The van der Waals surface area contributed by atoms with Gasteiger partial charge in [0.25, 0.3) is 0 Å². The van der Waals surface area contributed by atoms with Gasteiger partial charge in [0, 0.05) is 23.0 Å². The van der Waals surface area contributed by atoms with Gasteiger partial charge >= 0.3 is 0 Å². The van der Waals surface area contributed by atoms with Crippen LogP contribution in [0.15, 0.2) is 104 Å². The number of anilines is 1. The van der Waals surface area contributed by atoms with E-state index in [-0.39, 0.29) is 16.9 Å². The molecule has 0 fully saturated rings. The number of Topliss-reactive ketones (excluding diaryl/α,β-unsaturated/α-hetero) is 1. The number of nitrogens with zero attached hydrogens (tertiary/aromatic N) is 1. The summed E-state index contributed by atoms with van der Waals surface area (Å²) >= 11 is 0. The summed E-state index contributed by atoms with van der Waals surface area (Å²) in [5, 5.41) is 3.17. The molecule has 0 amide bonds. The van der Waals surface area contributed by atoms with Gasteiger partial charge in [0.2, 0.25) is 0 Å². The van der Waals surface area contributed by atoms with Gasteiger partial charge in [-0.15, -0.1) is 19.7 Å². The van der Waals surface area contributed by atoms with Crippen molar-refractivity contribution in [2.75, 3.05) is 5.32 Å². The molecule has 0 heterocycles. The molecule has 0 saturated carbocycles. The molecule has 2 aromatic rings. The van der Waals surface area contributed by atoms with E-state index in [0.29, 0.717) is 22.5 Å². The molecule has 0 saturated heterocycles. The Labute approximate surface area is 287 Å². The summed E-state index contributed by atoms with van der Waals surface area (Å²) in [5.74, 6) is -1.69. The third-order valence-corrected chi connectivity index (χ3v) is 6.12. The van der Waals surface area contributed by atoms with Crippen LogP contribution in [0.5, 0.6) is 0 Å². The number of aliphatic imine (C=N–C) groups is 1. The number of halogens is 2. The second-order valence-corrected chi connectivity index (χ2v) is 10.1. The monoisotopic (exact) mass is 650 g/mol. The minimum atomic E-state index is -0.874. The molecule has 2 aromatic carbocycles. The molecule has 0 unspecified atom stereocenters. The van der Waals surface area contributed by atoms with Crippen molar-refractivity contribution in [2.24, 2.45) is 4.99 Å². The zero-order valence-electron chi connectivity index (χ0n) is 31.6. The lowest BCUT2D eigenvalue weighted by Crippen LogP contribution is -2.08. The van der Waals surface area contributed by atoms with E-state index in [1.807, 2.05) is 78.0 Å². The first-order valence-corrected chi connectivity index (χ1v) is 16.3. The number of hydrogen-bond acceptors (Lipinski definition) is 3. The maximum atomic E-state index is 14.1.